The Kier molecular flexibility index (Phi) is 9.23. The summed E-state index contributed by atoms with van der Waals surface area (Å²) in [5, 5.41) is 12.9. The molecule has 0 saturated heterocycles. The van der Waals surface area contributed by atoms with Crippen LogP contribution in [-0.2, 0) is 11.2 Å². The number of hydrogen-bond donors (Lipinski definition) is 2. The van der Waals surface area contributed by atoms with Gasteiger partial charge in [-0.25, -0.2) is 13.2 Å². The number of alkyl halides is 1. The summed E-state index contributed by atoms with van der Waals surface area (Å²) in [5.74, 6) is -3.65. The number of nitrogens with one attached hydrogen (secondary N) is 1. The summed E-state index contributed by atoms with van der Waals surface area (Å²) in [5.41, 5.74) is 1.15. The second-order valence-corrected chi connectivity index (χ2v) is 6.90. The summed E-state index contributed by atoms with van der Waals surface area (Å²) >= 11 is 10.9. The normalized spacial score (nSPS) is 10.2. The molecule has 0 atom stereocenters. The van der Waals surface area contributed by atoms with Crippen LogP contribution in [0.2, 0.25) is 5.02 Å². The van der Waals surface area contributed by atoms with Crippen LogP contribution in [0.1, 0.15) is 11.1 Å². The fourth-order valence-corrected chi connectivity index (χ4v) is 3.08. The highest BCUT2D eigenvalue weighted by molar-refractivity contribution is 6.31. The van der Waals surface area contributed by atoms with Crippen molar-refractivity contribution >= 4 is 29.1 Å². The zero-order valence-electron chi connectivity index (χ0n) is 17.2. The molecule has 3 rings (SSSR count). The van der Waals surface area contributed by atoms with Crippen LogP contribution < -0.4 is 10.1 Å². The van der Waals surface area contributed by atoms with Crippen LogP contribution in [-0.4, -0.2) is 31.1 Å². The van der Waals surface area contributed by atoms with Gasteiger partial charge in [-0.05, 0) is 47.9 Å². The molecule has 1 amide bonds. The van der Waals surface area contributed by atoms with Crippen LogP contribution in [0.4, 0.5) is 13.2 Å². The number of aromatic hydroxyl groups is 1. The summed E-state index contributed by atoms with van der Waals surface area (Å²) in [6, 6.07) is 10.5. The number of benzene rings is 3. The first-order chi connectivity index (χ1) is 15.3. The van der Waals surface area contributed by atoms with Crippen LogP contribution in [0.3, 0.4) is 0 Å². The Morgan fingerprint density at radius 1 is 0.969 bits per heavy atom. The predicted octanol–water partition coefficient (Wildman–Crippen LogP) is 5.70. The molecular formula is C23H20Cl2F3NO3. The Bertz CT molecular complexity index is 1110. The molecule has 3 aromatic carbocycles. The number of phenols is 1. The second kappa shape index (κ2) is 11.6. The number of amides is 1. The number of rotatable bonds is 6. The molecule has 0 aliphatic heterocycles. The van der Waals surface area contributed by atoms with Crippen molar-refractivity contribution in [2.45, 2.75) is 6.42 Å². The molecule has 170 valence electrons. The summed E-state index contributed by atoms with van der Waals surface area (Å²) in [4.78, 5) is 11.3. The van der Waals surface area contributed by atoms with E-state index in [1.807, 2.05) is 0 Å². The average Bonchev–Trinajstić information content (AvgIpc) is 2.79. The Morgan fingerprint density at radius 3 is 2.31 bits per heavy atom. The van der Waals surface area contributed by atoms with E-state index >= 15 is 0 Å². The number of hydrogen-bond acceptors (Lipinski definition) is 3. The molecule has 0 unspecified atom stereocenters. The average molecular weight is 486 g/mol. The molecule has 0 aliphatic carbocycles. The van der Waals surface area contributed by atoms with Gasteiger partial charge < -0.3 is 15.2 Å². The van der Waals surface area contributed by atoms with Crippen LogP contribution in [0.25, 0.3) is 11.1 Å². The zero-order valence-corrected chi connectivity index (χ0v) is 18.7. The van der Waals surface area contributed by atoms with Crippen molar-refractivity contribution in [3.63, 3.8) is 0 Å². The summed E-state index contributed by atoms with van der Waals surface area (Å²) in [6.07, 6.45) is 1.80. The summed E-state index contributed by atoms with van der Waals surface area (Å²) in [7, 11) is 1.50. The van der Waals surface area contributed by atoms with E-state index in [-0.39, 0.29) is 29.4 Å². The molecule has 0 bridgehead atoms. The molecule has 4 nitrogen and oxygen atoms in total. The van der Waals surface area contributed by atoms with E-state index in [0.29, 0.717) is 40.5 Å². The van der Waals surface area contributed by atoms with Crippen molar-refractivity contribution in [2.75, 3.05) is 20.0 Å². The first-order valence-electron chi connectivity index (χ1n) is 9.25. The Hall–Kier alpha value is -2.90. The van der Waals surface area contributed by atoms with Crippen molar-refractivity contribution in [2.24, 2.45) is 0 Å². The quantitative estimate of drug-likeness (QED) is 0.347. The summed E-state index contributed by atoms with van der Waals surface area (Å²) < 4.78 is 46.3. The molecule has 0 spiro atoms. The molecule has 0 aromatic heterocycles. The van der Waals surface area contributed by atoms with E-state index in [1.54, 1.807) is 24.3 Å². The number of carbonyl (C=O) groups excluding carboxylic acids is 1. The Balaban J connectivity index is 0.00000176. The first-order valence-corrected chi connectivity index (χ1v) is 10.4. The van der Waals surface area contributed by atoms with Gasteiger partial charge in [0.25, 0.3) is 5.91 Å². The van der Waals surface area contributed by atoms with Gasteiger partial charge in [-0.15, -0.1) is 11.6 Å². The molecule has 0 heterocycles. The molecular weight excluding hydrogens is 466 g/mol. The maximum Gasteiger partial charge on any atom is 0.257 e. The topological polar surface area (TPSA) is 58.6 Å². The van der Waals surface area contributed by atoms with E-state index in [9.17, 15) is 23.1 Å². The van der Waals surface area contributed by atoms with Crippen molar-refractivity contribution in [1.82, 2.24) is 5.32 Å². The van der Waals surface area contributed by atoms with Gasteiger partial charge in [0.2, 0.25) is 0 Å². The molecule has 0 fully saturated rings. The predicted molar refractivity (Wildman–Crippen MR) is 119 cm³/mol. The fourth-order valence-electron chi connectivity index (χ4n) is 2.84. The highest BCUT2D eigenvalue weighted by atomic mass is 35.5. The van der Waals surface area contributed by atoms with Gasteiger partial charge in [-0.2, -0.15) is 0 Å². The van der Waals surface area contributed by atoms with Gasteiger partial charge in [0, 0.05) is 35.6 Å². The maximum atomic E-state index is 14.1. The molecule has 0 radical (unpaired) electrons. The lowest BCUT2D eigenvalue weighted by molar-refractivity contribution is -0.122. The minimum atomic E-state index is -1.31. The van der Waals surface area contributed by atoms with Crippen LogP contribution >= 0.6 is 23.2 Å². The van der Waals surface area contributed by atoms with E-state index < -0.39 is 17.5 Å². The first kappa shape index (κ1) is 25.4. The van der Waals surface area contributed by atoms with E-state index in [2.05, 4.69) is 16.9 Å². The van der Waals surface area contributed by atoms with Gasteiger partial charge in [0.1, 0.15) is 17.3 Å². The van der Waals surface area contributed by atoms with Crippen LogP contribution in [0.5, 0.6) is 11.5 Å². The molecule has 0 saturated carbocycles. The van der Waals surface area contributed by atoms with Gasteiger partial charge in [-0.1, -0.05) is 23.7 Å². The molecule has 2 N–H and O–H groups in total. The smallest absolute Gasteiger partial charge is 0.257 e. The highest BCUT2D eigenvalue weighted by Gasteiger charge is 2.15. The number of ether oxygens (including phenoxy) is 1. The molecule has 3 aromatic rings. The second-order valence-electron chi connectivity index (χ2n) is 6.49. The maximum absolute atomic E-state index is 14.1. The number of likely N-dealkylation sites (N-methyl/N-ethyl adjacent to an activating group) is 1. The fraction of sp³-hybridized carbons (Fsp3) is 0.174. The number of halogens is 5. The van der Waals surface area contributed by atoms with Gasteiger partial charge in [-0.3, -0.25) is 4.79 Å². The van der Waals surface area contributed by atoms with Gasteiger partial charge in [0.15, 0.2) is 18.2 Å². The van der Waals surface area contributed by atoms with Gasteiger partial charge in [0.05, 0.1) is 0 Å². The SMILES string of the molecule is CCl.CNC(=O)COc1ccc(Cc2ccc(O)c(-c3cc(F)c(F)cc3F)c2)c(Cl)c1. The standard InChI is InChI=1S/C22H17ClF3NO3.CH3Cl/c1-27-22(29)11-30-14-4-3-13(17(23)8-14)6-12-2-5-21(28)16(7-12)15-9-19(25)20(26)10-18(15)24;1-2/h2-5,7-10,28H,6,11H2,1H3,(H,27,29);1H3. The van der Waals surface area contributed by atoms with E-state index in [1.165, 1.54) is 25.6 Å². The largest absolute Gasteiger partial charge is 0.507 e. The number of phenolic OH excluding ortho intramolecular Hbond substituents is 1. The van der Waals surface area contributed by atoms with E-state index in [0.717, 1.165) is 0 Å². The monoisotopic (exact) mass is 485 g/mol. The Labute approximate surface area is 193 Å². The van der Waals surface area contributed by atoms with Crippen LogP contribution in [0.15, 0.2) is 48.5 Å². The third kappa shape index (κ3) is 6.31. The van der Waals surface area contributed by atoms with Crippen molar-refractivity contribution in [1.29, 1.82) is 0 Å². The van der Waals surface area contributed by atoms with Crippen molar-refractivity contribution in [3.8, 4) is 22.6 Å². The van der Waals surface area contributed by atoms with Crippen LogP contribution in [0, 0.1) is 17.5 Å². The third-order valence-electron chi connectivity index (χ3n) is 4.43. The highest BCUT2D eigenvalue weighted by Crippen LogP contribution is 2.34. The summed E-state index contributed by atoms with van der Waals surface area (Å²) in [6.45, 7) is -0.146. The lowest BCUT2D eigenvalue weighted by Gasteiger charge is -2.12. The molecule has 9 heteroatoms. The lowest BCUT2D eigenvalue weighted by Crippen LogP contribution is -2.24. The molecule has 32 heavy (non-hydrogen) atoms. The molecule has 0 aliphatic rings. The third-order valence-corrected chi connectivity index (χ3v) is 4.78. The van der Waals surface area contributed by atoms with E-state index in [4.69, 9.17) is 16.3 Å². The zero-order chi connectivity index (χ0) is 23.8. The lowest BCUT2D eigenvalue weighted by atomic mass is 9.97. The van der Waals surface area contributed by atoms with Crippen molar-refractivity contribution in [3.05, 3.63) is 82.1 Å². The Morgan fingerprint density at radius 2 is 1.66 bits per heavy atom. The minimum absolute atomic E-state index is 0.0329. The van der Waals surface area contributed by atoms with Crippen molar-refractivity contribution < 1.29 is 27.8 Å². The minimum Gasteiger partial charge on any atom is -0.507 e. The number of carbonyl (C=O) groups is 1. The van der Waals surface area contributed by atoms with Gasteiger partial charge >= 0.3 is 0 Å².